The summed E-state index contributed by atoms with van der Waals surface area (Å²) in [4.78, 5) is 11.2. The number of nitriles is 1. The third-order valence-corrected chi connectivity index (χ3v) is 3.61. The maximum absolute atomic E-state index is 9.43. The first kappa shape index (κ1) is 26.2. The third-order valence-electron chi connectivity index (χ3n) is 3.61. The van der Waals surface area contributed by atoms with Crippen molar-refractivity contribution in [3.05, 3.63) is 77.8 Å². The zero-order chi connectivity index (χ0) is 24.1. The van der Waals surface area contributed by atoms with E-state index in [1.165, 1.54) is 0 Å². The molecule has 0 saturated heterocycles. The van der Waals surface area contributed by atoms with Crippen molar-refractivity contribution in [3.63, 3.8) is 0 Å². The van der Waals surface area contributed by atoms with Gasteiger partial charge in [0.05, 0.1) is 0 Å². The number of aromatic hydroxyl groups is 2. The van der Waals surface area contributed by atoms with Crippen LogP contribution in [0.3, 0.4) is 0 Å². The van der Waals surface area contributed by atoms with Crippen molar-refractivity contribution in [1.82, 2.24) is 9.97 Å². The number of pyridine rings is 2. The number of aromatic nitrogens is 2. The topological polar surface area (TPSA) is 132 Å². The molecule has 4 rings (SSSR count). The fourth-order valence-corrected chi connectivity index (χ4v) is 2.38. The number of phenolic OH excluding ortho intramolecular Hbond substituents is 2. The Morgan fingerprint density at radius 3 is 1.84 bits per heavy atom. The van der Waals surface area contributed by atoms with E-state index in [4.69, 9.17) is 20.6 Å². The van der Waals surface area contributed by atoms with Crippen molar-refractivity contribution in [1.29, 1.82) is 5.26 Å². The van der Waals surface area contributed by atoms with Crippen LogP contribution in [0.2, 0.25) is 0 Å². The van der Waals surface area contributed by atoms with Crippen LogP contribution in [0, 0.1) is 17.9 Å². The number of para-hydroxylation sites is 2. The van der Waals surface area contributed by atoms with Crippen molar-refractivity contribution in [2.45, 2.75) is 20.0 Å². The number of fused-ring (bicyclic) bond motifs is 2. The molecular weight excluding hydrogens is 447 g/mol. The number of hydrogen-bond donors (Lipinski definition) is 3. The van der Waals surface area contributed by atoms with Crippen molar-refractivity contribution in [2.24, 2.45) is 0 Å². The van der Waals surface area contributed by atoms with E-state index in [2.05, 4.69) is 14.8 Å². The molecule has 4 aromatic rings. The van der Waals surface area contributed by atoms with E-state index in [-0.39, 0.29) is 17.6 Å². The molecule has 0 bridgehead atoms. The minimum absolute atomic E-state index is 0.106. The Bertz CT molecular complexity index is 1170. The van der Waals surface area contributed by atoms with Crippen molar-refractivity contribution in [3.8, 4) is 17.6 Å². The number of hydrogen-bond acceptors (Lipinski definition) is 7. The Hall–Kier alpha value is -3.82. The van der Waals surface area contributed by atoms with Crippen LogP contribution in [0.4, 0.5) is 5.82 Å². The van der Waals surface area contributed by atoms with Gasteiger partial charge < -0.3 is 20.2 Å². The van der Waals surface area contributed by atoms with E-state index in [0.29, 0.717) is 22.5 Å². The van der Waals surface area contributed by atoms with Crippen LogP contribution in [0.25, 0.3) is 26.7 Å². The van der Waals surface area contributed by atoms with Crippen LogP contribution in [0.5, 0.6) is 11.5 Å². The molecule has 0 saturated carbocycles. The molecule has 0 fully saturated rings. The molecule has 3 N–H and O–H groups in total. The van der Waals surface area contributed by atoms with Gasteiger partial charge in [0.25, 0.3) is 5.82 Å². The maximum atomic E-state index is 9.43. The van der Waals surface area contributed by atoms with E-state index in [1.54, 1.807) is 62.4 Å². The summed E-state index contributed by atoms with van der Waals surface area (Å²) in [6.07, 6.45) is -0.167. The van der Waals surface area contributed by atoms with Gasteiger partial charge in [0.1, 0.15) is 23.0 Å². The van der Waals surface area contributed by atoms with Gasteiger partial charge in [-0.25, -0.2) is 4.98 Å². The van der Waals surface area contributed by atoms with Gasteiger partial charge in [-0.05, 0) is 44.2 Å². The van der Waals surface area contributed by atoms with E-state index in [1.807, 2.05) is 18.2 Å². The molecule has 9 heteroatoms. The van der Waals surface area contributed by atoms with Gasteiger partial charge >= 0.3 is 21.0 Å². The van der Waals surface area contributed by atoms with Crippen LogP contribution in [-0.4, -0.2) is 31.4 Å². The molecular formula is C23H20N4O4V. The molecule has 0 aliphatic heterocycles. The summed E-state index contributed by atoms with van der Waals surface area (Å²) in [5, 5.41) is 37.2. The molecule has 0 spiro atoms. The van der Waals surface area contributed by atoms with Gasteiger partial charge in [-0.15, -0.1) is 4.98 Å². The standard InChI is InChI=1S/2C10H6N2O.C3H8O.O.V/c1-11-9-6-5-7-3-2-4-8(13)10(7)12-9;11-6-8-5-4-7-2-1-3-9(13)10(7)12-8;1-3(2)4;;/h2-6,13H;1-5,13H;3-4H,1-2H3;;. The number of phenols is 2. The van der Waals surface area contributed by atoms with Crippen molar-refractivity contribution >= 4 is 27.6 Å². The summed E-state index contributed by atoms with van der Waals surface area (Å²) < 4.78 is 8.19. The summed E-state index contributed by atoms with van der Waals surface area (Å²) in [6.45, 7) is 10.2. The average molecular weight is 467 g/mol. The fraction of sp³-hybridized carbons (Fsp3) is 0.130. The fourth-order valence-electron chi connectivity index (χ4n) is 2.38. The van der Waals surface area contributed by atoms with Crippen LogP contribution < -0.4 is 0 Å². The van der Waals surface area contributed by atoms with Gasteiger partial charge in [-0.2, -0.15) is 5.26 Å². The van der Waals surface area contributed by atoms with Crippen molar-refractivity contribution < 1.29 is 36.4 Å². The normalized spacial score (nSPS) is 9.16. The molecule has 2 aromatic heterocycles. The van der Waals surface area contributed by atoms with Crippen LogP contribution in [-0.2, 0) is 21.0 Å². The van der Waals surface area contributed by atoms with E-state index < -0.39 is 0 Å². The SMILES string of the molecule is CC(C)O.N#Cc1ccc2cccc(O)c2n1.[C-]#[N+]c1ccc2cccc(O)c2n1.[O]=[V]. The van der Waals surface area contributed by atoms with Crippen LogP contribution in [0.15, 0.2) is 60.7 Å². The number of aliphatic hydroxyl groups is 1. The quantitative estimate of drug-likeness (QED) is 0.323. The second kappa shape index (κ2) is 13.5. The van der Waals surface area contributed by atoms with Crippen molar-refractivity contribution in [2.75, 3.05) is 0 Å². The Morgan fingerprint density at radius 2 is 1.38 bits per heavy atom. The first-order valence-corrected chi connectivity index (χ1v) is 9.74. The predicted octanol–water partition coefficient (Wildman–Crippen LogP) is 4.57. The average Bonchev–Trinajstić information content (AvgIpc) is 2.80. The van der Waals surface area contributed by atoms with Crippen LogP contribution in [0.1, 0.15) is 19.5 Å². The first-order chi connectivity index (χ1) is 15.3. The first-order valence-electron chi connectivity index (χ1n) is 9.17. The number of benzene rings is 2. The molecule has 161 valence electrons. The second-order valence-electron chi connectivity index (χ2n) is 6.38. The third kappa shape index (κ3) is 7.79. The van der Waals surface area contributed by atoms with Crippen LogP contribution >= 0.6 is 0 Å². The molecule has 0 amide bonds. The number of rotatable bonds is 0. The molecule has 2 aromatic carbocycles. The van der Waals surface area contributed by atoms with Gasteiger partial charge in [0.15, 0.2) is 5.75 Å². The zero-order valence-electron chi connectivity index (χ0n) is 17.3. The predicted molar refractivity (Wildman–Crippen MR) is 116 cm³/mol. The summed E-state index contributed by atoms with van der Waals surface area (Å²) in [6, 6.07) is 19.0. The van der Waals surface area contributed by atoms with Gasteiger partial charge in [0, 0.05) is 16.9 Å². The molecule has 0 radical (unpaired) electrons. The summed E-state index contributed by atoms with van der Waals surface area (Å²) in [7, 11) is 0. The number of aliphatic hydroxyl groups excluding tert-OH is 1. The Morgan fingerprint density at radius 1 is 0.906 bits per heavy atom. The Balaban J connectivity index is 0.000000258. The molecule has 0 aliphatic rings. The molecule has 8 nitrogen and oxygen atoms in total. The second-order valence-corrected chi connectivity index (χ2v) is 6.38. The molecule has 0 unspecified atom stereocenters. The summed E-state index contributed by atoms with van der Waals surface area (Å²) in [5.41, 5.74) is 1.27. The summed E-state index contributed by atoms with van der Waals surface area (Å²) >= 11 is 1.06. The Kier molecular flexibility index (Phi) is 11.0. The van der Waals surface area contributed by atoms with Gasteiger partial charge in [-0.1, -0.05) is 36.9 Å². The molecule has 0 atom stereocenters. The molecule has 2 heterocycles. The molecule has 32 heavy (non-hydrogen) atoms. The summed E-state index contributed by atoms with van der Waals surface area (Å²) in [5.74, 6) is 0.520. The minimum atomic E-state index is -0.167. The number of nitrogens with zero attached hydrogens (tertiary/aromatic N) is 4. The van der Waals surface area contributed by atoms with Gasteiger partial charge in [-0.3, -0.25) is 0 Å². The monoisotopic (exact) mass is 467 g/mol. The zero-order valence-corrected chi connectivity index (χ0v) is 18.7. The Labute approximate surface area is 194 Å². The van der Waals surface area contributed by atoms with Gasteiger partial charge in [0.2, 0.25) is 5.52 Å². The molecule has 0 aliphatic carbocycles. The van der Waals surface area contributed by atoms with E-state index >= 15 is 0 Å². The van der Waals surface area contributed by atoms with E-state index in [0.717, 1.165) is 28.1 Å². The van der Waals surface area contributed by atoms with E-state index in [9.17, 15) is 10.2 Å².